The molecule has 1 unspecified atom stereocenters. The molecular formula is C8H14NO+. The molecule has 0 saturated carbocycles. The molecule has 1 aliphatic heterocycles. The van der Waals surface area contributed by atoms with Gasteiger partial charge in [-0.3, -0.25) is 0 Å². The smallest absolute Gasteiger partial charge is 0.140 e. The Hall–Kier alpha value is -0.520. The number of quaternary nitrogens is 1. The van der Waals surface area contributed by atoms with Crippen molar-refractivity contribution in [3.05, 3.63) is 0 Å². The fourth-order valence-electron chi connectivity index (χ4n) is 1.52. The number of hydrogen-bond acceptors (Lipinski definition) is 1. The van der Waals surface area contributed by atoms with Gasteiger partial charge in [0.2, 0.25) is 0 Å². The number of terminal acetylenes is 1. The fraction of sp³-hybridized carbons (Fsp3) is 0.750. The number of hydrogen-bond donors (Lipinski definition) is 1. The molecule has 2 heteroatoms. The SMILES string of the molecule is C#CC[N+]1(C)CC[C@@H](O)C1. The third-order valence-corrected chi connectivity index (χ3v) is 2.13. The maximum Gasteiger partial charge on any atom is 0.140 e. The van der Waals surface area contributed by atoms with Gasteiger partial charge in [-0.05, 0) is 5.92 Å². The van der Waals surface area contributed by atoms with Crippen LogP contribution >= 0.6 is 0 Å². The average Bonchev–Trinajstić information content (AvgIpc) is 2.12. The summed E-state index contributed by atoms with van der Waals surface area (Å²) in [7, 11) is 2.09. The molecule has 1 heterocycles. The summed E-state index contributed by atoms with van der Waals surface area (Å²) in [5.74, 6) is 2.63. The van der Waals surface area contributed by atoms with Gasteiger partial charge in [-0.25, -0.2) is 0 Å². The number of rotatable bonds is 1. The van der Waals surface area contributed by atoms with E-state index in [0.717, 1.165) is 30.5 Å². The van der Waals surface area contributed by atoms with Crippen molar-refractivity contribution in [1.29, 1.82) is 0 Å². The van der Waals surface area contributed by atoms with E-state index in [4.69, 9.17) is 6.42 Å². The zero-order valence-electron chi connectivity index (χ0n) is 6.38. The summed E-state index contributed by atoms with van der Waals surface area (Å²) in [6.07, 6.45) is 5.97. The Morgan fingerprint density at radius 3 is 2.90 bits per heavy atom. The Morgan fingerprint density at radius 2 is 2.50 bits per heavy atom. The summed E-state index contributed by atoms with van der Waals surface area (Å²) in [4.78, 5) is 0. The van der Waals surface area contributed by atoms with Gasteiger partial charge in [0.25, 0.3) is 0 Å². The summed E-state index contributed by atoms with van der Waals surface area (Å²) >= 11 is 0. The largest absolute Gasteiger partial charge is 0.387 e. The summed E-state index contributed by atoms with van der Waals surface area (Å²) in [5, 5.41) is 9.21. The lowest BCUT2D eigenvalue weighted by Crippen LogP contribution is -2.42. The summed E-state index contributed by atoms with van der Waals surface area (Å²) in [6.45, 7) is 2.59. The van der Waals surface area contributed by atoms with Gasteiger partial charge in [-0.15, -0.1) is 6.42 Å². The lowest BCUT2D eigenvalue weighted by Gasteiger charge is -2.26. The molecule has 1 aliphatic rings. The second-order valence-corrected chi connectivity index (χ2v) is 3.33. The van der Waals surface area contributed by atoms with Crippen LogP contribution < -0.4 is 0 Å². The highest BCUT2D eigenvalue weighted by Crippen LogP contribution is 2.15. The quantitative estimate of drug-likeness (QED) is 0.396. The van der Waals surface area contributed by atoms with Crippen molar-refractivity contribution in [3.63, 3.8) is 0 Å². The van der Waals surface area contributed by atoms with Crippen LogP contribution in [0.5, 0.6) is 0 Å². The van der Waals surface area contributed by atoms with Crippen LogP contribution in [0.3, 0.4) is 0 Å². The Morgan fingerprint density at radius 1 is 1.80 bits per heavy atom. The molecule has 0 spiro atoms. The van der Waals surface area contributed by atoms with Crippen molar-refractivity contribution >= 4 is 0 Å². The molecule has 1 N–H and O–H groups in total. The van der Waals surface area contributed by atoms with Gasteiger partial charge < -0.3 is 9.59 Å². The van der Waals surface area contributed by atoms with Crippen LogP contribution in [0.2, 0.25) is 0 Å². The van der Waals surface area contributed by atoms with Gasteiger partial charge in [0.15, 0.2) is 0 Å². The molecule has 1 rings (SSSR count). The predicted octanol–water partition coefficient (Wildman–Crippen LogP) is -0.169. The standard InChI is InChI=1S/C8H14NO/c1-3-5-9(2)6-4-8(10)7-9/h1,8,10H,4-7H2,2H3/q+1/t8-,9?/m1/s1. The number of nitrogens with zero attached hydrogens (tertiary/aromatic N) is 1. The van der Waals surface area contributed by atoms with E-state index in [9.17, 15) is 5.11 Å². The lowest BCUT2D eigenvalue weighted by molar-refractivity contribution is -0.891. The predicted molar refractivity (Wildman–Crippen MR) is 40.2 cm³/mol. The van der Waals surface area contributed by atoms with Gasteiger partial charge in [-0.2, -0.15) is 0 Å². The van der Waals surface area contributed by atoms with Crippen LogP contribution in [0.4, 0.5) is 0 Å². The van der Waals surface area contributed by atoms with Crippen LogP contribution in [0, 0.1) is 12.3 Å². The monoisotopic (exact) mass is 140 g/mol. The van der Waals surface area contributed by atoms with Crippen molar-refractivity contribution in [2.45, 2.75) is 12.5 Å². The normalized spacial score (nSPS) is 39.5. The molecule has 2 atom stereocenters. The van der Waals surface area contributed by atoms with E-state index in [-0.39, 0.29) is 6.10 Å². The van der Waals surface area contributed by atoms with E-state index in [1.807, 2.05) is 0 Å². The van der Waals surface area contributed by atoms with Crippen LogP contribution in [0.1, 0.15) is 6.42 Å². The summed E-state index contributed by atoms with van der Waals surface area (Å²) in [6, 6.07) is 0. The van der Waals surface area contributed by atoms with Gasteiger partial charge in [0.1, 0.15) is 19.2 Å². The van der Waals surface area contributed by atoms with Crippen molar-refractivity contribution in [2.75, 3.05) is 26.7 Å². The van der Waals surface area contributed by atoms with E-state index in [1.54, 1.807) is 0 Å². The summed E-state index contributed by atoms with van der Waals surface area (Å²) < 4.78 is 0.845. The van der Waals surface area contributed by atoms with E-state index < -0.39 is 0 Å². The zero-order valence-corrected chi connectivity index (χ0v) is 6.38. The van der Waals surface area contributed by atoms with Crippen LogP contribution in [0.25, 0.3) is 0 Å². The Labute approximate surface area is 62.1 Å². The van der Waals surface area contributed by atoms with E-state index in [1.165, 1.54) is 0 Å². The lowest BCUT2D eigenvalue weighted by atomic mass is 10.3. The molecule has 56 valence electrons. The first-order valence-electron chi connectivity index (χ1n) is 3.61. The maximum absolute atomic E-state index is 9.21. The van der Waals surface area contributed by atoms with Crippen LogP contribution in [-0.4, -0.2) is 42.4 Å². The van der Waals surface area contributed by atoms with Crippen molar-refractivity contribution in [3.8, 4) is 12.3 Å². The number of likely N-dealkylation sites (N-methyl/N-ethyl adjacent to an activating group) is 1. The zero-order chi connectivity index (χ0) is 7.61. The topological polar surface area (TPSA) is 20.2 Å². The minimum atomic E-state index is -0.127. The Balaban J connectivity index is 2.48. The molecule has 0 amide bonds. The fourth-order valence-corrected chi connectivity index (χ4v) is 1.52. The number of likely N-dealkylation sites (tertiary alicyclic amines) is 1. The highest BCUT2D eigenvalue weighted by Gasteiger charge is 2.32. The summed E-state index contributed by atoms with van der Waals surface area (Å²) in [5.41, 5.74) is 0. The molecule has 0 aromatic heterocycles. The molecule has 1 saturated heterocycles. The average molecular weight is 140 g/mol. The van der Waals surface area contributed by atoms with Gasteiger partial charge in [-0.1, -0.05) is 0 Å². The first-order chi connectivity index (χ1) is 4.66. The molecule has 0 bridgehead atoms. The second-order valence-electron chi connectivity index (χ2n) is 3.33. The Bertz CT molecular complexity index is 161. The molecule has 2 nitrogen and oxygen atoms in total. The maximum atomic E-state index is 9.21. The third-order valence-electron chi connectivity index (χ3n) is 2.13. The molecule has 0 aliphatic carbocycles. The highest BCUT2D eigenvalue weighted by molar-refractivity contribution is 4.84. The van der Waals surface area contributed by atoms with Crippen molar-refractivity contribution < 1.29 is 9.59 Å². The second kappa shape index (κ2) is 2.61. The third kappa shape index (κ3) is 1.50. The highest BCUT2D eigenvalue weighted by atomic mass is 16.3. The van der Waals surface area contributed by atoms with E-state index in [2.05, 4.69) is 13.0 Å². The number of aliphatic hydroxyl groups is 1. The minimum Gasteiger partial charge on any atom is -0.387 e. The molecular weight excluding hydrogens is 126 g/mol. The first kappa shape index (κ1) is 7.59. The van der Waals surface area contributed by atoms with Crippen molar-refractivity contribution in [2.24, 2.45) is 0 Å². The Kier molecular flexibility index (Phi) is 1.98. The van der Waals surface area contributed by atoms with Crippen molar-refractivity contribution in [1.82, 2.24) is 0 Å². The first-order valence-corrected chi connectivity index (χ1v) is 3.61. The van der Waals surface area contributed by atoms with E-state index in [0.29, 0.717) is 0 Å². The molecule has 10 heavy (non-hydrogen) atoms. The molecule has 0 aromatic carbocycles. The molecule has 0 aromatic rings. The van der Waals surface area contributed by atoms with Gasteiger partial charge >= 0.3 is 0 Å². The van der Waals surface area contributed by atoms with Gasteiger partial charge in [0, 0.05) is 6.42 Å². The van der Waals surface area contributed by atoms with Gasteiger partial charge in [0.05, 0.1) is 13.6 Å². The number of aliphatic hydroxyl groups excluding tert-OH is 1. The van der Waals surface area contributed by atoms with Crippen LogP contribution in [0.15, 0.2) is 0 Å². The minimum absolute atomic E-state index is 0.127. The van der Waals surface area contributed by atoms with Crippen LogP contribution in [-0.2, 0) is 0 Å². The molecule has 0 radical (unpaired) electrons. The van der Waals surface area contributed by atoms with E-state index >= 15 is 0 Å². The molecule has 1 fully saturated rings.